The molecule has 4 rings (SSSR count). The van der Waals surface area contributed by atoms with Crippen molar-refractivity contribution in [3.05, 3.63) is 65.9 Å². The second-order valence-electron chi connectivity index (χ2n) is 4.71. The number of hydrogen-bond donors (Lipinski definition) is 1. The van der Waals surface area contributed by atoms with Crippen molar-refractivity contribution < 1.29 is 0 Å². The maximum Gasteiger partial charge on any atom is 0.193 e. The largest absolute Gasteiger partial charge is 0.379 e. The Morgan fingerprint density at radius 3 is 2.95 bits per heavy atom. The molecule has 3 nitrogen and oxygen atoms in total. The van der Waals surface area contributed by atoms with Crippen LogP contribution in [-0.4, -0.2) is 9.38 Å². The summed E-state index contributed by atoms with van der Waals surface area (Å²) < 4.78 is 2.06. The van der Waals surface area contributed by atoms with E-state index in [1.807, 2.05) is 11.6 Å². The van der Waals surface area contributed by atoms with Gasteiger partial charge < -0.3 is 5.32 Å². The normalized spacial score (nSPS) is 11.2. The van der Waals surface area contributed by atoms with Crippen molar-refractivity contribution in [3.8, 4) is 0 Å². The van der Waals surface area contributed by atoms with E-state index in [2.05, 4.69) is 63.4 Å². The molecule has 0 bridgehead atoms. The third-order valence-corrected chi connectivity index (χ3v) is 4.16. The van der Waals surface area contributed by atoms with Gasteiger partial charge in [0.15, 0.2) is 4.96 Å². The quantitative estimate of drug-likeness (QED) is 0.610. The van der Waals surface area contributed by atoms with Crippen molar-refractivity contribution in [2.45, 2.75) is 6.54 Å². The van der Waals surface area contributed by atoms with Crippen molar-refractivity contribution in [2.75, 3.05) is 5.32 Å². The van der Waals surface area contributed by atoms with Gasteiger partial charge in [-0.3, -0.25) is 4.40 Å². The van der Waals surface area contributed by atoms with Gasteiger partial charge in [-0.2, -0.15) is 0 Å². The van der Waals surface area contributed by atoms with Gasteiger partial charge in [-0.1, -0.05) is 36.4 Å². The zero-order valence-corrected chi connectivity index (χ0v) is 11.6. The van der Waals surface area contributed by atoms with E-state index in [1.165, 1.54) is 10.8 Å². The number of aromatic nitrogens is 2. The van der Waals surface area contributed by atoms with Crippen LogP contribution in [0.1, 0.15) is 5.69 Å². The summed E-state index contributed by atoms with van der Waals surface area (Å²) in [4.78, 5) is 5.63. The summed E-state index contributed by atoms with van der Waals surface area (Å²) in [6.07, 6.45) is 4.11. The van der Waals surface area contributed by atoms with Crippen molar-refractivity contribution in [1.82, 2.24) is 9.38 Å². The molecule has 0 fully saturated rings. The van der Waals surface area contributed by atoms with E-state index in [1.54, 1.807) is 11.3 Å². The lowest BCUT2D eigenvalue weighted by Gasteiger charge is -2.08. The van der Waals surface area contributed by atoms with Gasteiger partial charge in [0.05, 0.1) is 12.2 Å². The molecule has 0 amide bonds. The fourth-order valence-electron chi connectivity index (χ4n) is 2.43. The number of nitrogens with one attached hydrogen (secondary N) is 1. The van der Waals surface area contributed by atoms with E-state index < -0.39 is 0 Å². The van der Waals surface area contributed by atoms with Gasteiger partial charge in [0, 0.05) is 28.8 Å². The lowest BCUT2D eigenvalue weighted by Crippen LogP contribution is -2.00. The van der Waals surface area contributed by atoms with Gasteiger partial charge in [-0.25, -0.2) is 4.98 Å². The van der Waals surface area contributed by atoms with Gasteiger partial charge in [0.2, 0.25) is 0 Å². The van der Waals surface area contributed by atoms with Crippen molar-refractivity contribution in [2.24, 2.45) is 0 Å². The number of thiazole rings is 1. The highest BCUT2D eigenvalue weighted by Gasteiger charge is 2.04. The first-order chi connectivity index (χ1) is 9.90. The molecular weight excluding hydrogens is 266 g/mol. The van der Waals surface area contributed by atoms with Crippen molar-refractivity contribution in [3.63, 3.8) is 0 Å². The van der Waals surface area contributed by atoms with Crippen molar-refractivity contribution >= 4 is 32.8 Å². The molecule has 2 aromatic carbocycles. The molecule has 0 saturated heterocycles. The summed E-state index contributed by atoms with van der Waals surface area (Å²) in [5, 5.41) is 8.03. The molecule has 0 aliphatic heterocycles. The number of fused-ring (bicyclic) bond motifs is 2. The molecule has 2 heterocycles. The zero-order valence-electron chi connectivity index (χ0n) is 10.8. The molecular formula is C16H13N3S. The number of hydrogen-bond acceptors (Lipinski definition) is 3. The van der Waals surface area contributed by atoms with Crippen LogP contribution in [0.3, 0.4) is 0 Å². The smallest absolute Gasteiger partial charge is 0.193 e. The molecule has 0 unspecified atom stereocenters. The number of rotatable bonds is 3. The fraction of sp³-hybridized carbons (Fsp3) is 0.0625. The molecule has 0 spiro atoms. The van der Waals surface area contributed by atoms with Gasteiger partial charge >= 0.3 is 0 Å². The fourth-order valence-corrected chi connectivity index (χ4v) is 3.15. The maximum absolute atomic E-state index is 4.59. The standard InChI is InChI=1S/C16H13N3S/c1-2-6-14-12(4-1)5-3-7-15(14)17-10-13-11-19-8-9-20-16(19)18-13/h1-9,11,17H,10H2. The highest BCUT2D eigenvalue weighted by atomic mass is 32.1. The predicted molar refractivity (Wildman–Crippen MR) is 84.3 cm³/mol. The van der Waals surface area contributed by atoms with Gasteiger partial charge in [-0.05, 0) is 11.5 Å². The minimum Gasteiger partial charge on any atom is -0.379 e. The Hall–Kier alpha value is -2.33. The average molecular weight is 279 g/mol. The number of nitrogens with zero attached hydrogens (tertiary/aromatic N) is 2. The van der Waals surface area contributed by atoms with Crippen LogP contribution in [0.4, 0.5) is 5.69 Å². The molecule has 0 radical (unpaired) electrons. The zero-order chi connectivity index (χ0) is 13.4. The summed E-state index contributed by atoms with van der Waals surface area (Å²) in [7, 11) is 0. The molecule has 20 heavy (non-hydrogen) atoms. The molecule has 4 heteroatoms. The Bertz CT molecular complexity index is 842. The highest BCUT2D eigenvalue weighted by molar-refractivity contribution is 7.15. The van der Waals surface area contributed by atoms with Crippen LogP contribution in [0.25, 0.3) is 15.7 Å². The molecule has 1 N–H and O–H groups in total. The van der Waals surface area contributed by atoms with E-state index in [0.717, 1.165) is 22.9 Å². The van der Waals surface area contributed by atoms with Crippen LogP contribution in [0.5, 0.6) is 0 Å². The Balaban J connectivity index is 1.63. The minimum absolute atomic E-state index is 0.738. The summed E-state index contributed by atoms with van der Waals surface area (Å²) in [6, 6.07) is 14.7. The topological polar surface area (TPSA) is 29.3 Å². The first-order valence-electron chi connectivity index (χ1n) is 6.53. The van der Waals surface area contributed by atoms with Gasteiger partial charge in [0.1, 0.15) is 0 Å². The molecule has 2 aromatic heterocycles. The number of benzene rings is 2. The van der Waals surface area contributed by atoms with Crippen LogP contribution in [0, 0.1) is 0 Å². The SMILES string of the molecule is c1ccc2c(NCc3cn4ccsc4n3)cccc2c1. The Labute approximate surface area is 120 Å². The van der Waals surface area contributed by atoms with Gasteiger partial charge in [-0.15, -0.1) is 11.3 Å². The first-order valence-corrected chi connectivity index (χ1v) is 7.41. The van der Waals surface area contributed by atoms with Crippen LogP contribution < -0.4 is 5.32 Å². The lowest BCUT2D eigenvalue weighted by molar-refractivity contribution is 1.08. The second kappa shape index (κ2) is 4.65. The summed E-state index contributed by atoms with van der Waals surface area (Å²) in [6.45, 7) is 0.738. The average Bonchev–Trinajstić information content (AvgIpc) is 3.06. The Morgan fingerprint density at radius 2 is 2.00 bits per heavy atom. The molecule has 0 aliphatic rings. The Morgan fingerprint density at radius 1 is 1.10 bits per heavy atom. The third kappa shape index (κ3) is 1.94. The monoisotopic (exact) mass is 279 g/mol. The lowest BCUT2D eigenvalue weighted by atomic mass is 10.1. The van der Waals surface area contributed by atoms with Gasteiger partial charge in [0.25, 0.3) is 0 Å². The molecule has 0 saturated carbocycles. The van der Waals surface area contributed by atoms with Crippen LogP contribution >= 0.6 is 11.3 Å². The highest BCUT2D eigenvalue weighted by Crippen LogP contribution is 2.23. The predicted octanol–water partition coefficient (Wildman–Crippen LogP) is 4.16. The molecule has 0 atom stereocenters. The van der Waals surface area contributed by atoms with Crippen molar-refractivity contribution in [1.29, 1.82) is 0 Å². The molecule has 98 valence electrons. The van der Waals surface area contributed by atoms with E-state index in [9.17, 15) is 0 Å². The summed E-state index contributed by atoms with van der Waals surface area (Å²) in [5.41, 5.74) is 2.21. The maximum atomic E-state index is 4.59. The van der Waals surface area contributed by atoms with Crippen LogP contribution in [-0.2, 0) is 6.54 Å². The molecule has 0 aliphatic carbocycles. The molecule has 4 aromatic rings. The van der Waals surface area contributed by atoms with E-state index in [4.69, 9.17) is 0 Å². The summed E-state index contributed by atoms with van der Waals surface area (Å²) >= 11 is 1.66. The third-order valence-electron chi connectivity index (χ3n) is 3.39. The Kier molecular flexibility index (Phi) is 2.67. The van der Waals surface area contributed by atoms with E-state index >= 15 is 0 Å². The van der Waals surface area contributed by atoms with Crippen LogP contribution in [0.15, 0.2) is 60.2 Å². The second-order valence-corrected chi connectivity index (χ2v) is 5.58. The first kappa shape index (κ1) is 11.5. The summed E-state index contributed by atoms with van der Waals surface area (Å²) in [5.74, 6) is 0. The van der Waals surface area contributed by atoms with E-state index in [0.29, 0.717) is 0 Å². The van der Waals surface area contributed by atoms with Crippen LogP contribution in [0.2, 0.25) is 0 Å². The minimum atomic E-state index is 0.738. The van der Waals surface area contributed by atoms with E-state index in [-0.39, 0.29) is 0 Å². The number of anilines is 1. The number of imidazole rings is 1.